The van der Waals surface area contributed by atoms with Gasteiger partial charge < -0.3 is 9.80 Å². The number of piperazine rings is 1. The minimum Gasteiger partial charge on any atom is -0.347 e. The van der Waals surface area contributed by atoms with Gasteiger partial charge in [0.1, 0.15) is 0 Å². The summed E-state index contributed by atoms with van der Waals surface area (Å²) >= 11 is 2.93. The topological polar surface area (TPSA) is 96.1 Å². The van der Waals surface area contributed by atoms with Crippen molar-refractivity contribution in [2.45, 2.75) is 0 Å². The summed E-state index contributed by atoms with van der Waals surface area (Å²) in [5.74, 6) is -0.391. The van der Waals surface area contributed by atoms with Gasteiger partial charge in [0.15, 0.2) is 5.17 Å². The highest BCUT2D eigenvalue weighted by atomic mass is 32.2. The van der Waals surface area contributed by atoms with Gasteiger partial charge in [-0.25, -0.2) is 0 Å². The summed E-state index contributed by atoms with van der Waals surface area (Å²) in [6, 6.07) is 9.51. The molecule has 1 saturated heterocycles. The van der Waals surface area contributed by atoms with E-state index in [9.17, 15) is 19.7 Å². The molecule has 0 radical (unpaired) electrons. The van der Waals surface area contributed by atoms with E-state index in [0.717, 1.165) is 4.88 Å². The van der Waals surface area contributed by atoms with Crippen LogP contribution in [0.5, 0.6) is 0 Å². The summed E-state index contributed by atoms with van der Waals surface area (Å²) in [5.41, 5.74) is 0.381. The largest absolute Gasteiger partial charge is 0.347 e. The summed E-state index contributed by atoms with van der Waals surface area (Å²) in [6.07, 6.45) is 1.85. The normalized spacial score (nSPS) is 18.3. The van der Waals surface area contributed by atoms with Crippen molar-refractivity contribution in [3.05, 3.63) is 67.2 Å². The Bertz CT molecular complexity index is 1010. The number of nitro groups is 1. The molecule has 1 aromatic carbocycles. The molecule has 4 rings (SSSR count). The van der Waals surface area contributed by atoms with Crippen LogP contribution in [0.1, 0.15) is 15.2 Å². The summed E-state index contributed by atoms with van der Waals surface area (Å²) in [5, 5.41) is 13.4. The number of carbonyl (C=O) groups excluding carboxylic acids is 2. The SMILES string of the molecule is O=C1N=C(N2CCN(C(=O)c3ccc([N+](=O)[O-])cc3)CC2)S/C1=C\c1cccs1. The fraction of sp³-hybridized carbons (Fsp3) is 0.211. The molecule has 0 spiro atoms. The molecule has 0 bridgehead atoms. The minimum absolute atomic E-state index is 0.0429. The first-order chi connectivity index (χ1) is 14.0. The molecule has 2 aliphatic heterocycles. The van der Waals surface area contributed by atoms with Gasteiger partial charge in [0, 0.05) is 48.8 Å². The Kier molecular flexibility index (Phi) is 5.45. The average molecular weight is 428 g/mol. The third-order valence-corrected chi connectivity index (χ3v) is 6.45. The molecule has 10 heteroatoms. The highest BCUT2D eigenvalue weighted by Gasteiger charge is 2.30. The molecule has 0 aliphatic carbocycles. The van der Waals surface area contributed by atoms with Gasteiger partial charge in [-0.05, 0) is 41.4 Å². The van der Waals surface area contributed by atoms with Gasteiger partial charge in [-0.2, -0.15) is 4.99 Å². The van der Waals surface area contributed by atoms with E-state index < -0.39 is 4.92 Å². The second-order valence-electron chi connectivity index (χ2n) is 6.41. The predicted octanol–water partition coefficient (Wildman–Crippen LogP) is 3.08. The molecular formula is C19H16N4O4S2. The van der Waals surface area contributed by atoms with Gasteiger partial charge in [0.2, 0.25) is 0 Å². The molecule has 0 saturated carbocycles. The van der Waals surface area contributed by atoms with Gasteiger partial charge in [-0.3, -0.25) is 19.7 Å². The van der Waals surface area contributed by atoms with Crippen LogP contribution >= 0.6 is 23.1 Å². The number of non-ortho nitro benzene ring substituents is 1. The molecule has 0 unspecified atom stereocenters. The van der Waals surface area contributed by atoms with E-state index in [1.807, 2.05) is 28.5 Å². The zero-order valence-electron chi connectivity index (χ0n) is 15.2. The molecule has 2 amide bonds. The van der Waals surface area contributed by atoms with Crippen molar-refractivity contribution in [3.8, 4) is 0 Å². The Balaban J connectivity index is 1.36. The first-order valence-electron chi connectivity index (χ1n) is 8.86. The predicted molar refractivity (Wildman–Crippen MR) is 113 cm³/mol. The van der Waals surface area contributed by atoms with Gasteiger partial charge in [0.05, 0.1) is 9.83 Å². The fourth-order valence-electron chi connectivity index (χ4n) is 3.04. The number of hydrogen-bond acceptors (Lipinski definition) is 7. The van der Waals surface area contributed by atoms with Crippen molar-refractivity contribution in [3.63, 3.8) is 0 Å². The zero-order valence-corrected chi connectivity index (χ0v) is 16.8. The van der Waals surface area contributed by atoms with Crippen molar-refractivity contribution in [2.24, 2.45) is 4.99 Å². The lowest BCUT2D eigenvalue weighted by Crippen LogP contribution is -2.49. The number of rotatable bonds is 3. The quantitative estimate of drug-likeness (QED) is 0.423. The molecule has 2 aromatic rings. The van der Waals surface area contributed by atoms with E-state index in [1.165, 1.54) is 36.0 Å². The third-order valence-electron chi connectivity index (χ3n) is 4.59. The summed E-state index contributed by atoms with van der Waals surface area (Å²) < 4.78 is 0. The standard InChI is InChI=1S/C19H16N4O4S2/c24-17-16(12-15-2-1-11-28-15)29-19(20-17)22-9-7-21(8-10-22)18(25)13-3-5-14(6-4-13)23(26)27/h1-6,11-12H,7-10H2/b16-12-. The van der Waals surface area contributed by atoms with Crippen LogP contribution in [-0.4, -0.2) is 57.9 Å². The van der Waals surface area contributed by atoms with Crippen LogP contribution < -0.4 is 0 Å². The maximum Gasteiger partial charge on any atom is 0.286 e. The maximum absolute atomic E-state index is 12.6. The van der Waals surface area contributed by atoms with Crippen LogP contribution in [0.15, 0.2) is 51.7 Å². The van der Waals surface area contributed by atoms with Crippen LogP contribution in [0.3, 0.4) is 0 Å². The smallest absolute Gasteiger partial charge is 0.286 e. The number of benzene rings is 1. The third kappa shape index (κ3) is 4.22. The molecular weight excluding hydrogens is 412 g/mol. The van der Waals surface area contributed by atoms with Crippen molar-refractivity contribution < 1.29 is 14.5 Å². The number of carbonyl (C=O) groups is 2. The summed E-state index contributed by atoms with van der Waals surface area (Å²) in [6.45, 7) is 2.13. The van der Waals surface area contributed by atoms with Gasteiger partial charge in [-0.1, -0.05) is 6.07 Å². The van der Waals surface area contributed by atoms with E-state index >= 15 is 0 Å². The first kappa shape index (κ1) is 19.3. The highest BCUT2D eigenvalue weighted by Crippen LogP contribution is 2.31. The Hall–Kier alpha value is -2.98. The van der Waals surface area contributed by atoms with E-state index in [0.29, 0.717) is 41.8 Å². The Morgan fingerprint density at radius 3 is 2.48 bits per heavy atom. The number of thioether (sulfide) groups is 1. The van der Waals surface area contributed by atoms with E-state index in [4.69, 9.17) is 0 Å². The average Bonchev–Trinajstić information content (AvgIpc) is 3.38. The zero-order chi connectivity index (χ0) is 20.4. The van der Waals surface area contributed by atoms with Gasteiger partial charge in [0.25, 0.3) is 17.5 Å². The monoisotopic (exact) mass is 428 g/mol. The maximum atomic E-state index is 12.6. The van der Waals surface area contributed by atoms with E-state index in [-0.39, 0.29) is 17.5 Å². The second-order valence-corrected chi connectivity index (χ2v) is 8.40. The van der Waals surface area contributed by atoms with E-state index in [2.05, 4.69) is 4.99 Å². The number of thiophene rings is 1. The van der Waals surface area contributed by atoms with Crippen molar-refractivity contribution in [1.29, 1.82) is 0 Å². The Morgan fingerprint density at radius 1 is 1.14 bits per heavy atom. The molecule has 1 fully saturated rings. The molecule has 0 atom stereocenters. The van der Waals surface area contributed by atoms with Gasteiger partial charge >= 0.3 is 0 Å². The lowest BCUT2D eigenvalue weighted by atomic mass is 10.1. The van der Waals surface area contributed by atoms with Crippen LogP contribution in [0.2, 0.25) is 0 Å². The molecule has 148 valence electrons. The Labute approximate surface area is 174 Å². The number of amidine groups is 1. The first-order valence-corrected chi connectivity index (χ1v) is 10.6. The molecule has 8 nitrogen and oxygen atoms in total. The van der Waals surface area contributed by atoms with E-state index in [1.54, 1.807) is 16.2 Å². The molecule has 1 aromatic heterocycles. The number of amides is 2. The number of aliphatic imine (C=N–C) groups is 1. The number of nitro benzene ring substituents is 1. The molecule has 3 heterocycles. The minimum atomic E-state index is -0.491. The molecule has 2 aliphatic rings. The van der Waals surface area contributed by atoms with Crippen molar-refractivity contribution >= 4 is 51.8 Å². The number of hydrogen-bond donors (Lipinski definition) is 0. The van der Waals surface area contributed by atoms with Crippen molar-refractivity contribution in [1.82, 2.24) is 9.80 Å². The Morgan fingerprint density at radius 2 is 1.86 bits per heavy atom. The van der Waals surface area contributed by atoms with Crippen LogP contribution in [0, 0.1) is 10.1 Å². The number of nitrogens with zero attached hydrogens (tertiary/aromatic N) is 4. The lowest BCUT2D eigenvalue weighted by molar-refractivity contribution is -0.384. The molecule has 0 N–H and O–H groups in total. The van der Waals surface area contributed by atoms with Crippen LogP contribution in [0.25, 0.3) is 6.08 Å². The van der Waals surface area contributed by atoms with Crippen LogP contribution in [0.4, 0.5) is 5.69 Å². The highest BCUT2D eigenvalue weighted by molar-refractivity contribution is 8.18. The van der Waals surface area contributed by atoms with Gasteiger partial charge in [-0.15, -0.1) is 11.3 Å². The summed E-state index contributed by atoms with van der Waals surface area (Å²) in [7, 11) is 0. The summed E-state index contributed by atoms with van der Waals surface area (Å²) in [4.78, 5) is 44.6. The lowest BCUT2D eigenvalue weighted by Gasteiger charge is -2.35. The van der Waals surface area contributed by atoms with Crippen LogP contribution in [-0.2, 0) is 4.79 Å². The fourth-order valence-corrected chi connectivity index (χ4v) is 4.73. The molecule has 29 heavy (non-hydrogen) atoms. The van der Waals surface area contributed by atoms with Crippen molar-refractivity contribution in [2.75, 3.05) is 26.2 Å². The second kappa shape index (κ2) is 8.18.